The number of unbranched alkanes of at least 4 members (excludes halogenated alkanes) is 7. The van der Waals surface area contributed by atoms with Crippen LogP contribution in [0.4, 0.5) is 0 Å². The fourth-order valence-corrected chi connectivity index (χ4v) is 6.95. The molecule has 0 aromatic heterocycles. The Morgan fingerprint density at radius 3 is 2.20 bits per heavy atom. The van der Waals surface area contributed by atoms with Gasteiger partial charge < -0.3 is 19.4 Å². The van der Waals surface area contributed by atoms with Crippen molar-refractivity contribution in [2.24, 2.45) is 10.1 Å². The molecule has 2 aliphatic rings. The van der Waals surface area contributed by atoms with Crippen molar-refractivity contribution in [3.05, 3.63) is 34.9 Å². The molecule has 0 saturated carbocycles. The number of nitrogens with zero attached hydrogens (tertiary/aromatic N) is 2. The molecule has 1 atom stereocenters. The molecule has 1 aromatic rings. The maximum absolute atomic E-state index is 13.7. The molecule has 1 N–H and O–H groups in total. The van der Waals surface area contributed by atoms with Gasteiger partial charge in [-0.1, -0.05) is 109 Å². The molecular formula is C34H54N2O5. The number of esters is 1. The number of hydrogen-bond acceptors (Lipinski definition) is 7. The van der Waals surface area contributed by atoms with Gasteiger partial charge >= 0.3 is 5.97 Å². The second kappa shape index (κ2) is 16.4. The van der Waals surface area contributed by atoms with Crippen LogP contribution in [0.3, 0.4) is 0 Å². The van der Waals surface area contributed by atoms with Gasteiger partial charge in [-0.15, -0.1) is 0 Å². The first-order valence-electron chi connectivity index (χ1n) is 16.3. The van der Waals surface area contributed by atoms with Crippen molar-refractivity contribution in [3.63, 3.8) is 0 Å². The average molecular weight is 571 g/mol. The zero-order valence-electron chi connectivity index (χ0n) is 26.3. The predicted molar refractivity (Wildman–Crippen MR) is 165 cm³/mol. The van der Waals surface area contributed by atoms with E-state index < -0.39 is 17.9 Å². The first kappa shape index (κ1) is 33.3. The lowest BCUT2D eigenvalue weighted by molar-refractivity contribution is -0.232. The number of carbonyl (C=O) groups is 1. The number of rotatable bonds is 18. The van der Waals surface area contributed by atoms with Gasteiger partial charge in [0.25, 0.3) is 0 Å². The largest absolute Gasteiger partial charge is 0.452 e. The van der Waals surface area contributed by atoms with Crippen LogP contribution in [0.1, 0.15) is 134 Å². The average Bonchev–Trinajstić information content (AvgIpc) is 3.46. The summed E-state index contributed by atoms with van der Waals surface area (Å²) >= 11 is 0. The van der Waals surface area contributed by atoms with E-state index in [1.165, 1.54) is 49.7 Å². The van der Waals surface area contributed by atoms with Crippen LogP contribution in [0.2, 0.25) is 0 Å². The summed E-state index contributed by atoms with van der Waals surface area (Å²) in [6.45, 7) is 12.2. The van der Waals surface area contributed by atoms with Crippen molar-refractivity contribution in [2.75, 3.05) is 19.8 Å². The molecule has 2 aliphatic heterocycles. The van der Waals surface area contributed by atoms with E-state index >= 15 is 0 Å². The van der Waals surface area contributed by atoms with Crippen LogP contribution >= 0.6 is 0 Å². The molecule has 1 unspecified atom stereocenters. The summed E-state index contributed by atoms with van der Waals surface area (Å²) in [4.78, 5) is 18.7. The number of fused-ring (bicyclic) bond motifs is 1. The maximum Gasteiger partial charge on any atom is 0.363 e. The van der Waals surface area contributed by atoms with Crippen molar-refractivity contribution in [3.8, 4) is 0 Å². The smallest absolute Gasteiger partial charge is 0.363 e. The van der Waals surface area contributed by atoms with E-state index in [1.54, 1.807) is 0 Å². The molecule has 1 saturated heterocycles. The van der Waals surface area contributed by atoms with Crippen LogP contribution in [0.5, 0.6) is 0 Å². The molecule has 0 aliphatic carbocycles. The lowest BCUT2D eigenvalue weighted by Gasteiger charge is -2.39. The fourth-order valence-electron chi connectivity index (χ4n) is 6.95. The predicted octanol–water partition coefficient (Wildman–Crippen LogP) is 8.06. The number of aryl methyl sites for hydroxylation is 1. The Kier molecular flexibility index (Phi) is 13.3. The summed E-state index contributed by atoms with van der Waals surface area (Å²) in [5.74, 6) is -1.66. The molecule has 230 valence electrons. The quantitative estimate of drug-likeness (QED) is 0.0634. The third-order valence-electron chi connectivity index (χ3n) is 8.90. The van der Waals surface area contributed by atoms with Gasteiger partial charge in [-0.3, -0.25) is 4.99 Å². The van der Waals surface area contributed by atoms with Crippen molar-refractivity contribution >= 4 is 17.4 Å². The van der Waals surface area contributed by atoms with E-state index in [1.807, 2.05) is 19.1 Å². The molecular weight excluding hydrogens is 516 g/mol. The number of benzene rings is 1. The molecule has 0 amide bonds. The van der Waals surface area contributed by atoms with Crippen molar-refractivity contribution < 1.29 is 24.2 Å². The molecule has 0 radical (unpaired) electrons. The minimum Gasteiger partial charge on any atom is -0.452 e. The third kappa shape index (κ3) is 7.98. The van der Waals surface area contributed by atoms with Crippen LogP contribution < -0.4 is 0 Å². The van der Waals surface area contributed by atoms with Crippen molar-refractivity contribution in [2.45, 2.75) is 142 Å². The molecule has 7 nitrogen and oxygen atoms in total. The third-order valence-corrected chi connectivity index (χ3v) is 8.90. The summed E-state index contributed by atoms with van der Waals surface area (Å²) in [7, 11) is 0. The highest BCUT2D eigenvalue weighted by atomic mass is 16.8. The highest BCUT2D eigenvalue weighted by Gasteiger charge is 2.46. The molecule has 7 heteroatoms. The Balaban J connectivity index is 1.80. The summed E-state index contributed by atoms with van der Waals surface area (Å²) < 4.78 is 18.2. The first-order valence-corrected chi connectivity index (χ1v) is 16.3. The normalized spacial score (nSPS) is 18.6. The van der Waals surface area contributed by atoms with E-state index in [0.29, 0.717) is 38.3 Å². The molecule has 2 heterocycles. The lowest BCUT2D eigenvalue weighted by Crippen LogP contribution is -2.47. The minimum absolute atomic E-state index is 0.0883. The second-order valence-corrected chi connectivity index (χ2v) is 11.9. The fraction of sp³-hybridized carbons (Fsp3) is 0.735. The molecule has 0 bridgehead atoms. The van der Waals surface area contributed by atoms with Crippen LogP contribution in [0.25, 0.3) is 0 Å². The van der Waals surface area contributed by atoms with Gasteiger partial charge in [-0.2, -0.15) is 0 Å². The molecule has 1 fully saturated rings. The summed E-state index contributed by atoms with van der Waals surface area (Å²) in [6.07, 6.45) is 14.2. The summed E-state index contributed by atoms with van der Waals surface area (Å²) in [6, 6.07) is 6.10. The number of ether oxygens (including phenoxy) is 3. The molecule has 3 rings (SSSR count). The zero-order valence-corrected chi connectivity index (χ0v) is 26.3. The van der Waals surface area contributed by atoms with Crippen LogP contribution in [0, 0.1) is 6.92 Å². The van der Waals surface area contributed by atoms with Crippen molar-refractivity contribution in [1.29, 1.82) is 0 Å². The van der Waals surface area contributed by atoms with Gasteiger partial charge in [0, 0.05) is 23.9 Å². The number of oxime groups is 1. The van der Waals surface area contributed by atoms with Crippen LogP contribution in [-0.2, 0) is 24.4 Å². The van der Waals surface area contributed by atoms with Gasteiger partial charge in [-0.25, -0.2) is 4.79 Å². The van der Waals surface area contributed by atoms with Crippen molar-refractivity contribution in [1.82, 2.24) is 0 Å². The maximum atomic E-state index is 13.7. The lowest BCUT2D eigenvalue weighted by atomic mass is 9.68. The van der Waals surface area contributed by atoms with Gasteiger partial charge in [0.15, 0.2) is 6.10 Å². The Morgan fingerprint density at radius 2 is 1.61 bits per heavy atom. The monoisotopic (exact) mass is 570 g/mol. The highest BCUT2D eigenvalue weighted by molar-refractivity contribution is 6.69. The molecule has 1 aromatic carbocycles. The standard InChI is InChI=1S/C34H54N2O5/c1-6-10-11-12-13-14-15-16-20-28(34(9-4)39-23-24-40-34)41-32(37)31(36-38)30-27-19-17-18-26(5)29(27)33(21-7-2,22-8-3)25-35-30/h17-19,28,38H,6-16,20-25H2,1-5H3. The Hall–Kier alpha value is -2.25. The summed E-state index contributed by atoms with van der Waals surface area (Å²) in [5.41, 5.74) is 3.42. The van der Waals surface area contributed by atoms with Gasteiger partial charge in [0.05, 0.1) is 13.2 Å². The zero-order chi connectivity index (χ0) is 29.7. The second-order valence-electron chi connectivity index (χ2n) is 11.9. The minimum atomic E-state index is -0.975. The first-order chi connectivity index (χ1) is 19.9. The Bertz CT molecular complexity index is 1020. The van der Waals surface area contributed by atoms with Gasteiger partial charge in [0.2, 0.25) is 11.5 Å². The number of aliphatic imine (C=N–C) groups is 1. The number of hydrogen-bond donors (Lipinski definition) is 1. The van der Waals surface area contributed by atoms with Gasteiger partial charge in [0.1, 0.15) is 5.71 Å². The van der Waals surface area contributed by atoms with E-state index in [0.717, 1.165) is 44.1 Å². The number of carbonyl (C=O) groups excluding carboxylic acids is 1. The molecule has 0 spiro atoms. The topological polar surface area (TPSA) is 89.7 Å². The van der Waals surface area contributed by atoms with E-state index in [2.05, 4.69) is 38.9 Å². The van der Waals surface area contributed by atoms with E-state index in [9.17, 15) is 10.0 Å². The van der Waals surface area contributed by atoms with Crippen LogP contribution in [-0.4, -0.2) is 54.2 Å². The Labute approximate surface area is 248 Å². The SMILES string of the molecule is CCCCCCCCCCC(OC(=O)C(=NO)C1=NCC(CCC)(CCC)c2c(C)cccc21)C1(CC)OCCO1. The highest BCUT2D eigenvalue weighted by Crippen LogP contribution is 2.42. The van der Waals surface area contributed by atoms with Gasteiger partial charge in [-0.05, 0) is 43.7 Å². The Morgan fingerprint density at radius 1 is 0.976 bits per heavy atom. The molecule has 41 heavy (non-hydrogen) atoms. The van der Waals surface area contributed by atoms with Crippen LogP contribution in [0.15, 0.2) is 28.3 Å². The van der Waals surface area contributed by atoms with E-state index in [4.69, 9.17) is 19.2 Å². The van der Waals surface area contributed by atoms with E-state index in [-0.39, 0.29) is 11.1 Å². The summed E-state index contributed by atoms with van der Waals surface area (Å²) in [5, 5.41) is 13.6.